The lowest BCUT2D eigenvalue weighted by Gasteiger charge is -2.26. The number of esters is 1. The van der Waals surface area contributed by atoms with E-state index in [4.69, 9.17) is 4.74 Å². The molecule has 0 saturated heterocycles. The Morgan fingerprint density at radius 2 is 1.36 bits per heavy atom. The van der Waals surface area contributed by atoms with Crippen LogP contribution in [0.15, 0.2) is 72.8 Å². The molecule has 4 nitrogen and oxygen atoms in total. The normalized spacial score (nSPS) is 10.4. The molecule has 0 aliphatic carbocycles. The molecule has 28 heavy (non-hydrogen) atoms. The molecule has 142 valence electrons. The van der Waals surface area contributed by atoms with Crippen LogP contribution >= 0.6 is 0 Å². The van der Waals surface area contributed by atoms with Crippen molar-refractivity contribution in [1.29, 1.82) is 0 Å². The van der Waals surface area contributed by atoms with Crippen molar-refractivity contribution in [1.82, 2.24) is 0 Å². The molecule has 0 spiro atoms. The maximum absolute atomic E-state index is 11.4. The molecule has 0 unspecified atom stereocenters. The summed E-state index contributed by atoms with van der Waals surface area (Å²) in [5.41, 5.74) is 5.92. The van der Waals surface area contributed by atoms with Crippen molar-refractivity contribution in [2.45, 2.75) is 19.8 Å². The molecule has 3 rings (SSSR count). The Morgan fingerprint density at radius 1 is 0.857 bits per heavy atom. The fourth-order valence-electron chi connectivity index (χ4n) is 3.00. The number of aryl methyl sites for hydroxylation is 2. The van der Waals surface area contributed by atoms with Gasteiger partial charge in [-0.25, -0.2) is 0 Å². The maximum atomic E-state index is 11.4. The number of ether oxygens (including phenoxy) is 1. The SMILES string of the molecule is COC(=O)CCc1ccc(N(c2ccc(C)cc2)c2ccc(C=O)cc2)cc1. The van der Waals surface area contributed by atoms with Crippen LogP contribution in [-0.4, -0.2) is 19.4 Å². The molecule has 0 N–H and O–H groups in total. The Labute approximate surface area is 165 Å². The summed E-state index contributed by atoms with van der Waals surface area (Å²) in [5, 5.41) is 0. The summed E-state index contributed by atoms with van der Waals surface area (Å²) >= 11 is 0. The zero-order valence-corrected chi connectivity index (χ0v) is 16.1. The molecule has 0 fully saturated rings. The van der Waals surface area contributed by atoms with E-state index < -0.39 is 0 Å². The fourth-order valence-corrected chi connectivity index (χ4v) is 3.00. The standard InChI is InChI=1S/C24H23NO3/c1-18-3-10-21(11-4-18)25(23-14-7-20(17-26)8-15-23)22-12-5-19(6-13-22)9-16-24(27)28-2/h3-8,10-15,17H,9,16H2,1-2H3. The number of methoxy groups -OCH3 is 1. The second kappa shape index (κ2) is 9.00. The molecular weight excluding hydrogens is 350 g/mol. The van der Waals surface area contributed by atoms with Gasteiger partial charge in [0.05, 0.1) is 7.11 Å². The lowest BCUT2D eigenvalue weighted by atomic mass is 10.1. The average molecular weight is 373 g/mol. The summed E-state index contributed by atoms with van der Waals surface area (Å²) in [7, 11) is 1.40. The average Bonchev–Trinajstić information content (AvgIpc) is 2.75. The number of rotatable bonds is 7. The molecule has 0 aromatic heterocycles. The van der Waals surface area contributed by atoms with E-state index >= 15 is 0 Å². The van der Waals surface area contributed by atoms with Gasteiger partial charge in [0.1, 0.15) is 6.29 Å². The van der Waals surface area contributed by atoms with Gasteiger partial charge in [-0.2, -0.15) is 0 Å². The van der Waals surface area contributed by atoms with Gasteiger partial charge in [-0.3, -0.25) is 9.59 Å². The van der Waals surface area contributed by atoms with Crippen LogP contribution in [0.25, 0.3) is 0 Å². The molecule has 4 heteroatoms. The van der Waals surface area contributed by atoms with Crippen LogP contribution < -0.4 is 4.90 Å². The first-order valence-electron chi connectivity index (χ1n) is 9.18. The number of hydrogen-bond acceptors (Lipinski definition) is 4. The van der Waals surface area contributed by atoms with Gasteiger partial charge >= 0.3 is 5.97 Å². The summed E-state index contributed by atoms with van der Waals surface area (Å²) in [4.78, 5) is 24.5. The van der Waals surface area contributed by atoms with E-state index in [1.54, 1.807) is 0 Å². The number of anilines is 3. The molecule has 0 amide bonds. The topological polar surface area (TPSA) is 46.6 Å². The molecule has 3 aromatic carbocycles. The highest BCUT2D eigenvalue weighted by Crippen LogP contribution is 2.34. The number of aldehydes is 1. The number of carbonyl (C=O) groups excluding carboxylic acids is 2. The summed E-state index contributed by atoms with van der Waals surface area (Å²) in [6.07, 6.45) is 1.85. The van der Waals surface area contributed by atoms with Crippen molar-refractivity contribution in [3.05, 3.63) is 89.5 Å². The largest absolute Gasteiger partial charge is 0.469 e. The van der Waals surface area contributed by atoms with Crippen molar-refractivity contribution in [3.63, 3.8) is 0 Å². The van der Waals surface area contributed by atoms with Crippen molar-refractivity contribution in [3.8, 4) is 0 Å². The predicted octanol–water partition coefficient (Wildman–Crippen LogP) is 5.38. The van der Waals surface area contributed by atoms with E-state index in [9.17, 15) is 9.59 Å². The first-order chi connectivity index (χ1) is 13.6. The van der Waals surface area contributed by atoms with Crippen LogP contribution in [0, 0.1) is 6.92 Å². The van der Waals surface area contributed by atoms with Gasteiger partial charge in [0, 0.05) is 29.0 Å². The van der Waals surface area contributed by atoms with Gasteiger partial charge in [-0.15, -0.1) is 0 Å². The molecule has 0 saturated carbocycles. The highest BCUT2D eigenvalue weighted by Gasteiger charge is 2.12. The molecular formula is C24H23NO3. The first kappa shape index (κ1) is 19.4. The number of hydrogen-bond donors (Lipinski definition) is 0. The first-order valence-corrected chi connectivity index (χ1v) is 9.18. The zero-order chi connectivity index (χ0) is 19.9. The van der Waals surface area contributed by atoms with Gasteiger partial charge in [0.2, 0.25) is 0 Å². The molecule has 0 aliphatic heterocycles. The highest BCUT2D eigenvalue weighted by atomic mass is 16.5. The van der Waals surface area contributed by atoms with Crippen LogP contribution in [0.2, 0.25) is 0 Å². The molecule has 0 aliphatic rings. The van der Waals surface area contributed by atoms with E-state index in [0.29, 0.717) is 18.4 Å². The van der Waals surface area contributed by atoms with Gasteiger partial charge < -0.3 is 9.64 Å². The van der Waals surface area contributed by atoms with Crippen molar-refractivity contribution in [2.24, 2.45) is 0 Å². The molecule has 0 heterocycles. The Balaban J connectivity index is 1.93. The number of benzene rings is 3. The van der Waals surface area contributed by atoms with Crippen LogP contribution in [0.1, 0.15) is 27.9 Å². The van der Waals surface area contributed by atoms with Gasteiger partial charge in [-0.1, -0.05) is 29.8 Å². The van der Waals surface area contributed by atoms with Crippen LogP contribution in [0.4, 0.5) is 17.1 Å². The van der Waals surface area contributed by atoms with Crippen molar-refractivity contribution >= 4 is 29.3 Å². The molecule has 0 radical (unpaired) electrons. The Hall–Kier alpha value is -3.40. The predicted molar refractivity (Wildman–Crippen MR) is 112 cm³/mol. The lowest BCUT2D eigenvalue weighted by molar-refractivity contribution is -0.140. The van der Waals surface area contributed by atoms with Crippen LogP contribution in [-0.2, 0) is 16.0 Å². The second-order valence-electron chi connectivity index (χ2n) is 6.62. The quantitative estimate of drug-likeness (QED) is 0.412. The molecule has 3 aromatic rings. The Morgan fingerprint density at radius 3 is 1.86 bits per heavy atom. The fraction of sp³-hybridized carbons (Fsp3) is 0.167. The third-order valence-electron chi connectivity index (χ3n) is 4.62. The summed E-state index contributed by atoms with van der Waals surface area (Å²) in [6.45, 7) is 2.06. The minimum absolute atomic E-state index is 0.208. The summed E-state index contributed by atoms with van der Waals surface area (Å²) < 4.78 is 4.71. The smallest absolute Gasteiger partial charge is 0.305 e. The van der Waals surface area contributed by atoms with E-state index in [1.807, 2.05) is 48.5 Å². The summed E-state index contributed by atoms with van der Waals surface area (Å²) in [5.74, 6) is -0.208. The molecule has 0 atom stereocenters. The second-order valence-corrected chi connectivity index (χ2v) is 6.62. The van der Waals surface area contributed by atoms with Crippen molar-refractivity contribution < 1.29 is 14.3 Å². The Kier molecular flexibility index (Phi) is 6.22. The zero-order valence-electron chi connectivity index (χ0n) is 16.1. The minimum atomic E-state index is -0.208. The maximum Gasteiger partial charge on any atom is 0.305 e. The van der Waals surface area contributed by atoms with Crippen LogP contribution in [0.5, 0.6) is 0 Å². The number of carbonyl (C=O) groups is 2. The highest BCUT2D eigenvalue weighted by molar-refractivity contribution is 5.80. The van der Waals surface area contributed by atoms with E-state index in [1.165, 1.54) is 12.7 Å². The van der Waals surface area contributed by atoms with E-state index in [2.05, 4.69) is 36.1 Å². The Bertz CT molecular complexity index is 929. The third-order valence-corrected chi connectivity index (χ3v) is 4.62. The molecule has 0 bridgehead atoms. The van der Waals surface area contributed by atoms with Gasteiger partial charge in [-0.05, 0) is 67.4 Å². The minimum Gasteiger partial charge on any atom is -0.469 e. The number of nitrogens with zero attached hydrogens (tertiary/aromatic N) is 1. The van der Waals surface area contributed by atoms with E-state index in [-0.39, 0.29) is 5.97 Å². The van der Waals surface area contributed by atoms with Gasteiger partial charge in [0.25, 0.3) is 0 Å². The third kappa shape index (κ3) is 4.65. The monoisotopic (exact) mass is 373 g/mol. The van der Waals surface area contributed by atoms with E-state index in [0.717, 1.165) is 28.9 Å². The lowest BCUT2D eigenvalue weighted by Crippen LogP contribution is -2.10. The van der Waals surface area contributed by atoms with Crippen LogP contribution in [0.3, 0.4) is 0 Å². The summed E-state index contributed by atoms with van der Waals surface area (Å²) in [6, 6.07) is 24.0. The van der Waals surface area contributed by atoms with Crippen molar-refractivity contribution in [2.75, 3.05) is 12.0 Å². The van der Waals surface area contributed by atoms with Gasteiger partial charge in [0.15, 0.2) is 0 Å².